The number of rotatable bonds is 6. The van der Waals surface area contributed by atoms with Gasteiger partial charge in [0.05, 0.1) is 0 Å². The molecule has 0 spiro atoms. The second-order valence-corrected chi connectivity index (χ2v) is 3.37. The minimum atomic E-state index is 0. The molecule has 0 aromatic heterocycles. The molecule has 0 atom stereocenters. The van der Waals surface area contributed by atoms with Crippen molar-refractivity contribution >= 4 is 5.71 Å². The molecule has 13 heavy (non-hydrogen) atoms. The van der Waals surface area contributed by atoms with Crippen LogP contribution in [0.5, 0.6) is 0 Å². The molecule has 72 valence electrons. The summed E-state index contributed by atoms with van der Waals surface area (Å²) >= 11 is 0. The smallest absolute Gasteiger partial charge is 1.00 e. The molecule has 0 aliphatic carbocycles. The maximum Gasteiger partial charge on any atom is 1.00 e. The molecule has 0 aromatic rings. The Hall–Kier alpha value is 0.00740. The fourth-order valence-electron chi connectivity index (χ4n) is 1.12. The molecule has 0 fully saturated rings. The van der Waals surface area contributed by atoms with Crippen LogP contribution in [0.4, 0.5) is 0 Å². The van der Waals surface area contributed by atoms with Gasteiger partial charge in [0.25, 0.3) is 0 Å². The molecule has 0 saturated heterocycles. The average molecular weight is 175 g/mol. The SMILES string of the molecule is CC=C(C)CC(=N)CCCCC.[H-].[Li+]. The van der Waals surface area contributed by atoms with Crippen molar-refractivity contribution in [3.8, 4) is 0 Å². The van der Waals surface area contributed by atoms with Gasteiger partial charge in [-0.15, -0.1) is 0 Å². The molecule has 0 saturated carbocycles. The fraction of sp³-hybridized carbons (Fsp3) is 0.727. The standard InChI is InChI=1S/C11H21N.Li.H/c1-4-6-7-8-11(12)9-10(3)5-2;;/h5,12H,4,6-9H2,1-3H3;;/q;+1;-1. The molecule has 0 aromatic carbocycles. The first-order valence-corrected chi connectivity index (χ1v) is 4.88. The maximum atomic E-state index is 7.66. The molecule has 0 rings (SSSR count). The van der Waals surface area contributed by atoms with Gasteiger partial charge in [-0.3, -0.25) is 0 Å². The predicted octanol–water partition coefficient (Wildman–Crippen LogP) is 1.06. The van der Waals surface area contributed by atoms with Crippen LogP contribution in [0, 0.1) is 5.41 Å². The fourth-order valence-corrected chi connectivity index (χ4v) is 1.12. The van der Waals surface area contributed by atoms with Crippen LogP contribution < -0.4 is 18.9 Å². The summed E-state index contributed by atoms with van der Waals surface area (Å²) < 4.78 is 0. The van der Waals surface area contributed by atoms with Gasteiger partial charge in [0.2, 0.25) is 0 Å². The van der Waals surface area contributed by atoms with Crippen LogP contribution in [0.1, 0.15) is 54.3 Å². The predicted molar refractivity (Wildman–Crippen MR) is 57.0 cm³/mol. The zero-order valence-electron chi connectivity index (χ0n) is 10.6. The van der Waals surface area contributed by atoms with Crippen molar-refractivity contribution in [2.75, 3.05) is 0 Å². The molecule has 2 heteroatoms. The van der Waals surface area contributed by atoms with Crippen molar-refractivity contribution in [3.63, 3.8) is 0 Å². The Morgan fingerprint density at radius 2 is 2.00 bits per heavy atom. The van der Waals surface area contributed by atoms with Crippen molar-refractivity contribution < 1.29 is 20.3 Å². The summed E-state index contributed by atoms with van der Waals surface area (Å²) in [4.78, 5) is 0. The molecular formula is C11H22LiN. The van der Waals surface area contributed by atoms with Gasteiger partial charge in [-0.2, -0.15) is 0 Å². The normalized spacial score (nSPS) is 10.8. The van der Waals surface area contributed by atoms with Crippen LogP contribution >= 0.6 is 0 Å². The summed E-state index contributed by atoms with van der Waals surface area (Å²) in [7, 11) is 0. The molecule has 0 unspecified atom stereocenters. The summed E-state index contributed by atoms with van der Waals surface area (Å²) in [6.07, 6.45) is 7.65. The van der Waals surface area contributed by atoms with Crippen molar-refractivity contribution in [2.45, 2.75) is 52.9 Å². The van der Waals surface area contributed by atoms with E-state index < -0.39 is 0 Å². The summed E-state index contributed by atoms with van der Waals surface area (Å²) in [6, 6.07) is 0. The number of allylic oxidation sites excluding steroid dienone is 2. The van der Waals surface area contributed by atoms with E-state index in [0.29, 0.717) is 0 Å². The van der Waals surface area contributed by atoms with Gasteiger partial charge >= 0.3 is 18.9 Å². The topological polar surface area (TPSA) is 23.9 Å². The monoisotopic (exact) mass is 175 g/mol. The van der Waals surface area contributed by atoms with Crippen LogP contribution in [0.15, 0.2) is 11.6 Å². The van der Waals surface area contributed by atoms with Crippen molar-refractivity contribution in [1.29, 1.82) is 5.41 Å². The first-order valence-electron chi connectivity index (χ1n) is 4.88. The number of nitrogens with one attached hydrogen (secondary N) is 1. The summed E-state index contributed by atoms with van der Waals surface area (Å²) in [5.41, 5.74) is 2.20. The van der Waals surface area contributed by atoms with Crippen molar-refractivity contribution in [2.24, 2.45) is 0 Å². The van der Waals surface area contributed by atoms with Crippen LogP contribution in [-0.2, 0) is 0 Å². The Balaban J connectivity index is -0.000000605. The first-order chi connectivity index (χ1) is 5.70. The quantitative estimate of drug-likeness (QED) is 0.270. The molecule has 1 nitrogen and oxygen atoms in total. The van der Waals surface area contributed by atoms with Crippen LogP contribution in [0.25, 0.3) is 0 Å². The van der Waals surface area contributed by atoms with E-state index >= 15 is 0 Å². The Morgan fingerprint density at radius 1 is 1.38 bits per heavy atom. The van der Waals surface area contributed by atoms with E-state index in [1.165, 1.54) is 24.8 Å². The minimum absolute atomic E-state index is 0. The van der Waals surface area contributed by atoms with Crippen LogP contribution in [0.2, 0.25) is 0 Å². The Kier molecular flexibility index (Phi) is 12.0. The van der Waals surface area contributed by atoms with Gasteiger partial charge in [0.1, 0.15) is 0 Å². The Morgan fingerprint density at radius 3 is 2.46 bits per heavy atom. The van der Waals surface area contributed by atoms with E-state index in [2.05, 4.69) is 19.9 Å². The summed E-state index contributed by atoms with van der Waals surface area (Å²) in [6.45, 7) is 6.32. The van der Waals surface area contributed by atoms with E-state index in [-0.39, 0.29) is 20.3 Å². The number of hydrogen-bond donors (Lipinski definition) is 1. The molecule has 0 aliphatic rings. The Labute approximate surface area is 96.2 Å². The first kappa shape index (κ1) is 15.5. The third-order valence-electron chi connectivity index (χ3n) is 2.07. The summed E-state index contributed by atoms with van der Waals surface area (Å²) in [5, 5.41) is 7.66. The zero-order valence-corrected chi connectivity index (χ0v) is 9.61. The summed E-state index contributed by atoms with van der Waals surface area (Å²) in [5.74, 6) is 0. The van der Waals surface area contributed by atoms with Crippen molar-refractivity contribution in [1.82, 2.24) is 0 Å². The van der Waals surface area contributed by atoms with E-state index in [9.17, 15) is 0 Å². The second kappa shape index (κ2) is 10.1. The van der Waals surface area contributed by atoms with Gasteiger partial charge in [-0.1, -0.05) is 31.4 Å². The van der Waals surface area contributed by atoms with E-state index in [1.54, 1.807) is 0 Å². The maximum absolute atomic E-state index is 7.66. The molecule has 0 aliphatic heterocycles. The number of hydrogen-bond acceptors (Lipinski definition) is 1. The largest absolute Gasteiger partial charge is 1.00 e. The Bertz CT molecular complexity index is 167. The van der Waals surface area contributed by atoms with Crippen LogP contribution in [0.3, 0.4) is 0 Å². The van der Waals surface area contributed by atoms with E-state index in [0.717, 1.165) is 18.6 Å². The zero-order chi connectivity index (χ0) is 9.40. The van der Waals surface area contributed by atoms with Crippen molar-refractivity contribution in [3.05, 3.63) is 11.6 Å². The molecular weight excluding hydrogens is 153 g/mol. The van der Waals surface area contributed by atoms with Gasteiger partial charge in [0.15, 0.2) is 0 Å². The third-order valence-corrected chi connectivity index (χ3v) is 2.07. The molecule has 0 heterocycles. The van der Waals surface area contributed by atoms with Gasteiger partial charge in [0, 0.05) is 12.1 Å². The molecule has 0 bridgehead atoms. The van der Waals surface area contributed by atoms with Gasteiger partial charge < -0.3 is 6.84 Å². The van der Waals surface area contributed by atoms with Gasteiger partial charge in [-0.25, -0.2) is 0 Å². The third kappa shape index (κ3) is 9.92. The average Bonchev–Trinajstić information content (AvgIpc) is 2.05. The molecule has 1 N–H and O–H groups in total. The number of unbranched alkanes of at least 4 members (excludes halogenated alkanes) is 2. The molecule has 0 radical (unpaired) electrons. The van der Waals surface area contributed by atoms with E-state index in [4.69, 9.17) is 5.41 Å². The van der Waals surface area contributed by atoms with E-state index in [1.807, 2.05) is 6.92 Å². The second-order valence-electron chi connectivity index (χ2n) is 3.37. The molecule has 0 amide bonds. The van der Waals surface area contributed by atoms with Gasteiger partial charge in [-0.05, 0) is 26.7 Å². The minimum Gasteiger partial charge on any atom is -1.00 e. The van der Waals surface area contributed by atoms with Crippen LogP contribution in [-0.4, -0.2) is 5.71 Å².